The van der Waals surface area contributed by atoms with Gasteiger partial charge < -0.3 is 18.9 Å². The van der Waals surface area contributed by atoms with Crippen LogP contribution in [0.3, 0.4) is 0 Å². The summed E-state index contributed by atoms with van der Waals surface area (Å²) in [5.74, 6) is -0.707. The lowest BCUT2D eigenvalue weighted by Crippen LogP contribution is -2.18. The summed E-state index contributed by atoms with van der Waals surface area (Å²) in [6, 6.07) is 30.1. The van der Waals surface area contributed by atoms with Gasteiger partial charge in [-0.25, -0.2) is 14.4 Å². The molecule has 0 aliphatic heterocycles. The van der Waals surface area contributed by atoms with Crippen molar-refractivity contribution in [3.05, 3.63) is 120 Å². The van der Waals surface area contributed by atoms with Crippen LogP contribution >= 0.6 is 0 Å². The summed E-state index contributed by atoms with van der Waals surface area (Å²) in [4.78, 5) is 37.3. The number of esters is 2. The molecular formula is C27H18O7. The molecule has 4 aromatic carbocycles. The van der Waals surface area contributed by atoms with Gasteiger partial charge in [0.1, 0.15) is 34.1 Å². The molecule has 0 unspecified atom stereocenters. The number of benzene rings is 4. The standard InChI is InChI=1S/C27H18O7/c28-25(21-15-7-9-17-23(21)31-19-11-3-1-4-12-19)33-27(30)34-26(29)22-16-8-10-18-24(22)32-20-13-5-2-6-14-20/h1-18H. The van der Waals surface area contributed by atoms with Crippen LogP contribution in [0.15, 0.2) is 109 Å². The zero-order chi connectivity index (χ0) is 23.8. The van der Waals surface area contributed by atoms with Crippen molar-refractivity contribution in [3.63, 3.8) is 0 Å². The van der Waals surface area contributed by atoms with E-state index < -0.39 is 18.1 Å². The van der Waals surface area contributed by atoms with Gasteiger partial charge in [-0.05, 0) is 48.5 Å². The third kappa shape index (κ3) is 5.66. The van der Waals surface area contributed by atoms with Crippen molar-refractivity contribution in [2.24, 2.45) is 0 Å². The van der Waals surface area contributed by atoms with Crippen molar-refractivity contribution in [1.29, 1.82) is 0 Å². The Bertz CT molecular complexity index is 1200. The summed E-state index contributed by atoms with van der Waals surface area (Å²) in [7, 11) is 0. The fraction of sp³-hybridized carbons (Fsp3) is 0. The van der Waals surface area contributed by atoms with Crippen LogP contribution in [-0.4, -0.2) is 18.1 Å². The summed E-state index contributed by atoms with van der Waals surface area (Å²) >= 11 is 0. The van der Waals surface area contributed by atoms with Crippen LogP contribution in [0.4, 0.5) is 4.79 Å². The minimum Gasteiger partial charge on any atom is -0.456 e. The molecule has 0 saturated carbocycles. The number of carbonyl (C=O) groups is 3. The molecule has 7 nitrogen and oxygen atoms in total. The molecule has 0 heterocycles. The molecule has 0 aliphatic carbocycles. The van der Waals surface area contributed by atoms with E-state index in [4.69, 9.17) is 18.9 Å². The van der Waals surface area contributed by atoms with Gasteiger partial charge in [-0.1, -0.05) is 60.7 Å². The van der Waals surface area contributed by atoms with Crippen molar-refractivity contribution in [2.75, 3.05) is 0 Å². The van der Waals surface area contributed by atoms with Gasteiger partial charge in [0, 0.05) is 0 Å². The second kappa shape index (κ2) is 10.6. The maximum atomic E-state index is 12.6. The number of hydrogen-bond acceptors (Lipinski definition) is 7. The first-order valence-electron chi connectivity index (χ1n) is 10.2. The number of ether oxygens (including phenoxy) is 4. The molecule has 0 N–H and O–H groups in total. The first-order valence-corrected chi connectivity index (χ1v) is 10.2. The highest BCUT2D eigenvalue weighted by molar-refractivity contribution is 6.02. The Morgan fingerprint density at radius 3 is 1.21 bits per heavy atom. The Balaban J connectivity index is 1.43. The molecule has 168 valence electrons. The second-order valence-electron chi connectivity index (χ2n) is 6.85. The predicted octanol–water partition coefficient (Wildman–Crippen LogP) is 6.41. The van der Waals surface area contributed by atoms with Crippen LogP contribution in [0.5, 0.6) is 23.0 Å². The lowest BCUT2D eigenvalue weighted by atomic mass is 10.2. The zero-order valence-electron chi connectivity index (χ0n) is 17.8. The minimum absolute atomic E-state index is 0.0106. The summed E-state index contributed by atoms with van der Waals surface area (Å²) < 4.78 is 20.8. The molecule has 7 heteroatoms. The topological polar surface area (TPSA) is 88.1 Å². The highest BCUT2D eigenvalue weighted by Gasteiger charge is 2.23. The predicted molar refractivity (Wildman–Crippen MR) is 122 cm³/mol. The van der Waals surface area contributed by atoms with Gasteiger partial charge in [0.25, 0.3) is 0 Å². The molecular weight excluding hydrogens is 436 g/mol. The molecule has 0 saturated heterocycles. The van der Waals surface area contributed by atoms with Gasteiger partial charge in [0.15, 0.2) is 0 Å². The van der Waals surface area contributed by atoms with E-state index >= 15 is 0 Å². The third-order valence-electron chi connectivity index (χ3n) is 4.51. The maximum Gasteiger partial charge on any atom is 0.524 e. The molecule has 0 amide bonds. The van der Waals surface area contributed by atoms with Crippen molar-refractivity contribution < 1.29 is 33.3 Å². The molecule has 0 fully saturated rings. The van der Waals surface area contributed by atoms with Gasteiger partial charge in [-0.15, -0.1) is 0 Å². The van der Waals surface area contributed by atoms with E-state index in [9.17, 15) is 14.4 Å². The summed E-state index contributed by atoms with van der Waals surface area (Å²) in [5.41, 5.74) is -0.0212. The van der Waals surface area contributed by atoms with Crippen molar-refractivity contribution in [1.82, 2.24) is 0 Å². The van der Waals surface area contributed by atoms with Gasteiger partial charge in [0.2, 0.25) is 0 Å². The van der Waals surface area contributed by atoms with Gasteiger partial charge >= 0.3 is 18.1 Å². The fourth-order valence-electron chi connectivity index (χ4n) is 2.96. The first-order chi connectivity index (χ1) is 16.6. The Morgan fingerprint density at radius 1 is 0.441 bits per heavy atom. The molecule has 0 aliphatic rings. The minimum atomic E-state index is -1.47. The Labute approximate surface area is 195 Å². The van der Waals surface area contributed by atoms with Gasteiger partial charge in [-0.2, -0.15) is 0 Å². The lowest BCUT2D eigenvalue weighted by Gasteiger charge is -2.11. The molecule has 0 spiro atoms. The molecule has 0 bridgehead atoms. The van der Waals surface area contributed by atoms with E-state index in [1.54, 1.807) is 84.9 Å². The Hall–Kier alpha value is -4.91. The van der Waals surface area contributed by atoms with E-state index in [-0.39, 0.29) is 22.6 Å². The Morgan fingerprint density at radius 2 is 0.794 bits per heavy atom. The highest BCUT2D eigenvalue weighted by Crippen LogP contribution is 2.27. The highest BCUT2D eigenvalue weighted by atomic mass is 16.8. The van der Waals surface area contributed by atoms with Crippen molar-refractivity contribution in [3.8, 4) is 23.0 Å². The number of rotatable bonds is 6. The van der Waals surface area contributed by atoms with Crippen molar-refractivity contribution in [2.45, 2.75) is 0 Å². The number of para-hydroxylation sites is 4. The third-order valence-corrected chi connectivity index (χ3v) is 4.51. The largest absolute Gasteiger partial charge is 0.524 e. The molecule has 0 radical (unpaired) electrons. The molecule has 0 atom stereocenters. The van der Waals surface area contributed by atoms with Crippen LogP contribution in [0.2, 0.25) is 0 Å². The summed E-state index contributed by atoms with van der Waals surface area (Å²) in [6.07, 6.45) is -1.47. The molecule has 0 aromatic heterocycles. The molecule has 34 heavy (non-hydrogen) atoms. The number of carbonyl (C=O) groups excluding carboxylic acids is 3. The monoisotopic (exact) mass is 454 g/mol. The maximum absolute atomic E-state index is 12.6. The average molecular weight is 454 g/mol. The van der Waals surface area contributed by atoms with E-state index in [0.29, 0.717) is 11.5 Å². The van der Waals surface area contributed by atoms with Gasteiger partial charge in [0.05, 0.1) is 0 Å². The van der Waals surface area contributed by atoms with Crippen LogP contribution in [0, 0.1) is 0 Å². The second-order valence-corrected chi connectivity index (χ2v) is 6.85. The van der Waals surface area contributed by atoms with Crippen LogP contribution in [0.1, 0.15) is 20.7 Å². The van der Waals surface area contributed by atoms with Crippen LogP contribution in [-0.2, 0) is 9.47 Å². The average Bonchev–Trinajstić information content (AvgIpc) is 2.86. The lowest BCUT2D eigenvalue weighted by molar-refractivity contribution is 0.0335. The summed E-state index contributed by atoms with van der Waals surface area (Å²) in [6.45, 7) is 0. The van der Waals surface area contributed by atoms with E-state index in [1.165, 1.54) is 12.1 Å². The van der Waals surface area contributed by atoms with E-state index in [2.05, 4.69) is 0 Å². The Kier molecular flexibility index (Phi) is 6.95. The molecule has 4 rings (SSSR count). The van der Waals surface area contributed by atoms with Crippen LogP contribution in [0.25, 0.3) is 0 Å². The van der Waals surface area contributed by atoms with E-state index in [0.717, 1.165) is 0 Å². The smallest absolute Gasteiger partial charge is 0.456 e. The fourth-order valence-corrected chi connectivity index (χ4v) is 2.96. The van der Waals surface area contributed by atoms with Crippen molar-refractivity contribution >= 4 is 18.1 Å². The quantitative estimate of drug-likeness (QED) is 0.246. The van der Waals surface area contributed by atoms with E-state index in [1.807, 2.05) is 12.1 Å². The zero-order valence-corrected chi connectivity index (χ0v) is 17.8. The first kappa shape index (κ1) is 22.3. The van der Waals surface area contributed by atoms with Crippen LogP contribution < -0.4 is 9.47 Å². The molecule has 4 aromatic rings. The van der Waals surface area contributed by atoms with Gasteiger partial charge in [-0.3, -0.25) is 0 Å². The number of hydrogen-bond donors (Lipinski definition) is 0. The normalized spacial score (nSPS) is 10.1. The SMILES string of the molecule is O=C(OC(=O)c1ccccc1Oc1ccccc1)OC(=O)c1ccccc1Oc1ccccc1. The summed E-state index contributed by atoms with van der Waals surface area (Å²) in [5, 5.41) is 0.